The van der Waals surface area contributed by atoms with Crippen LogP contribution >= 0.6 is 11.8 Å². The van der Waals surface area contributed by atoms with Crippen LogP contribution in [0.15, 0.2) is 53.3 Å². The first-order chi connectivity index (χ1) is 10.7. The highest BCUT2D eigenvalue weighted by Gasteiger charge is 2.34. The molecule has 3 aromatic rings. The van der Waals surface area contributed by atoms with E-state index in [0.29, 0.717) is 12.3 Å². The minimum Gasteiger partial charge on any atom is -0.467 e. The molecule has 1 fully saturated rings. The summed E-state index contributed by atoms with van der Waals surface area (Å²) in [6.07, 6.45) is 3.78. The van der Waals surface area contributed by atoms with Crippen LogP contribution in [0.5, 0.6) is 0 Å². The summed E-state index contributed by atoms with van der Waals surface area (Å²) in [4.78, 5) is 14.2. The molecular weight excluding hydrogens is 296 g/mol. The Morgan fingerprint density at radius 3 is 2.95 bits per heavy atom. The van der Waals surface area contributed by atoms with Gasteiger partial charge in [0.05, 0.1) is 18.6 Å². The van der Waals surface area contributed by atoms with Crippen molar-refractivity contribution in [1.82, 2.24) is 9.47 Å². The number of para-hydroxylation sites is 1. The molecule has 1 atom stereocenters. The average Bonchev–Trinajstić information content (AvgIpc) is 3.23. The van der Waals surface area contributed by atoms with Crippen LogP contribution in [0.1, 0.15) is 16.7 Å². The van der Waals surface area contributed by atoms with E-state index in [4.69, 9.17) is 4.42 Å². The number of benzene rings is 1. The molecule has 1 aromatic carbocycles. The number of carbonyl (C=O) groups is 1. The molecular formula is C17H16N2O2S. The van der Waals surface area contributed by atoms with Crippen LogP contribution in [-0.2, 0) is 18.4 Å². The third kappa shape index (κ3) is 2.13. The van der Waals surface area contributed by atoms with Gasteiger partial charge in [-0.05, 0) is 18.2 Å². The van der Waals surface area contributed by atoms with Crippen molar-refractivity contribution in [2.24, 2.45) is 7.05 Å². The summed E-state index contributed by atoms with van der Waals surface area (Å²) >= 11 is 1.68. The van der Waals surface area contributed by atoms with Gasteiger partial charge >= 0.3 is 0 Å². The highest BCUT2D eigenvalue weighted by Crippen LogP contribution is 2.42. The van der Waals surface area contributed by atoms with Gasteiger partial charge in [-0.2, -0.15) is 0 Å². The number of carbonyl (C=O) groups excluding carboxylic acids is 1. The monoisotopic (exact) mass is 312 g/mol. The largest absolute Gasteiger partial charge is 0.467 e. The van der Waals surface area contributed by atoms with Crippen molar-refractivity contribution >= 4 is 28.6 Å². The van der Waals surface area contributed by atoms with Crippen LogP contribution in [0.4, 0.5) is 0 Å². The molecule has 0 spiro atoms. The van der Waals surface area contributed by atoms with Gasteiger partial charge in [-0.1, -0.05) is 18.2 Å². The molecule has 1 amide bonds. The van der Waals surface area contributed by atoms with Gasteiger partial charge in [0.1, 0.15) is 11.1 Å². The molecule has 2 aromatic heterocycles. The van der Waals surface area contributed by atoms with E-state index < -0.39 is 0 Å². The van der Waals surface area contributed by atoms with Gasteiger partial charge in [0, 0.05) is 29.7 Å². The van der Waals surface area contributed by atoms with Crippen LogP contribution in [0, 0.1) is 0 Å². The van der Waals surface area contributed by atoms with Crippen LogP contribution in [0.3, 0.4) is 0 Å². The standard InChI is InChI=1S/C17H16N2O2S/c1-18-10-14(13-6-2-3-7-15(13)18)17-19(16(20)11-22-17)9-12-5-4-8-21-12/h2-8,10,17H,9,11H2,1H3. The number of furan rings is 1. The van der Waals surface area contributed by atoms with Gasteiger partial charge in [0.25, 0.3) is 0 Å². The number of aromatic nitrogens is 1. The maximum Gasteiger partial charge on any atom is 0.234 e. The number of hydrogen-bond donors (Lipinski definition) is 0. The maximum absolute atomic E-state index is 12.3. The first-order valence-corrected chi connectivity index (χ1v) is 8.26. The van der Waals surface area contributed by atoms with Gasteiger partial charge in [0.2, 0.25) is 5.91 Å². The Balaban J connectivity index is 1.74. The molecule has 1 unspecified atom stereocenters. The predicted molar refractivity (Wildman–Crippen MR) is 87.4 cm³/mol. The Bertz CT molecular complexity index is 822. The second-order valence-electron chi connectivity index (χ2n) is 5.48. The molecule has 4 rings (SSSR count). The Kier molecular flexibility index (Phi) is 3.22. The van der Waals surface area contributed by atoms with Crippen molar-refractivity contribution in [3.05, 3.63) is 60.2 Å². The molecule has 0 aliphatic carbocycles. The van der Waals surface area contributed by atoms with Crippen molar-refractivity contribution in [3.63, 3.8) is 0 Å². The first-order valence-electron chi connectivity index (χ1n) is 7.21. The zero-order chi connectivity index (χ0) is 15.1. The topological polar surface area (TPSA) is 38.4 Å². The highest BCUT2D eigenvalue weighted by atomic mass is 32.2. The molecule has 0 bridgehead atoms. The molecule has 0 saturated carbocycles. The van der Waals surface area contributed by atoms with Gasteiger partial charge in [-0.15, -0.1) is 11.8 Å². The molecule has 1 saturated heterocycles. The first kappa shape index (κ1) is 13.5. The Hall–Kier alpha value is -2.14. The number of rotatable bonds is 3. The van der Waals surface area contributed by atoms with Crippen LogP contribution in [-0.4, -0.2) is 21.1 Å². The number of hydrogen-bond acceptors (Lipinski definition) is 3. The molecule has 3 heterocycles. The fourth-order valence-electron chi connectivity index (χ4n) is 3.02. The minimum atomic E-state index is 0.0451. The van der Waals surface area contributed by atoms with Gasteiger partial charge in [0.15, 0.2) is 0 Å². The summed E-state index contributed by atoms with van der Waals surface area (Å²) < 4.78 is 7.54. The van der Waals surface area contributed by atoms with E-state index in [2.05, 4.69) is 22.9 Å². The zero-order valence-corrected chi connectivity index (χ0v) is 13.0. The highest BCUT2D eigenvalue weighted by molar-refractivity contribution is 8.00. The van der Waals surface area contributed by atoms with E-state index in [1.165, 1.54) is 16.5 Å². The summed E-state index contributed by atoms with van der Waals surface area (Å²) in [5.74, 6) is 1.51. The number of aryl methyl sites for hydroxylation is 1. The molecule has 5 heteroatoms. The number of amides is 1. The lowest BCUT2D eigenvalue weighted by molar-refractivity contribution is -0.128. The predicted octanol–water partition coefficient (Wildman–Crippen LogP) is 3.55. The fraction of sp³-hybridized carbons (Fsp3) is 0.235. The van der Waals surface area contributed by atoms with Gasteiger partial charge in [-0.25, -0.2) is 0 Å². The van der Waals surface area contributed by atoms with E-state index >= 15 is 0 Å². The SMILES string of the molecule is Cn1cc(C2SCC(=O)N2Cc2ccco2)c2ccccc21. The molecule has 0 radical (unpaired) electrons. The smallest absolute Gasteiger partial charge is 0.234 e. The quantitative estimate of drug-likeness (QED) is 0.742. The van der Waals surface area contributed by atoms with Crippen molar-refractivity contribution in [1.29, 1.82) is 0 Å². The molecule has 1 aliphatic rings. The van der Waals surface area contributed by atoms with Crippen molar-refractivity contribution < 1.29 is 9.21 Å². The van der Waals surface area contributed by atoms with Crippen molar-refractivity contribution in [2.75, 3.05) is 5.75 Å². The maximum atomic E-state index is 12.3. The minimum absolute atomic E-state index is 0.0451. The molecule has 22 heavy (non-hydrogen) atoms. The average molecular weight is 312 g/mol. The van der Waals surface area contributed by atoms with Crippen LogP contribution in [0.25, 0.3) is 10.9 Å². The summed E-state index contributed by atoms with van der Waals surface area (Å²) in [5, 5.41) is 1.25. The zero-order valence-electron chi connectivity index (χ0n) is 12.2. The molecule has 0 N–H and O–H groups in total. The number of nitrogens with zero attached hydrogens (tertiary/aromatic N) is 2. The Labute approximate surface area is 132 Å². The Morgan fingerprint density at radius 1 is 1.27 bits per heavy atom. The second-order valence-corrected chi connectivity index (χ2v) is 6.55. The van der Waals surface area contributed by atoms with E-state index in [1.54, 1.807) is 18.0 Å². The molecule has 4 nitrogen and oxygen atoms in total. The summed E-state index contributed by atoms with van der Waals surface area (Å²) in [5.41, 5.74) is 2.39. The van der Waals surface area contributed by atoms with E-state index in [9.17, 15) is 4.79 Å². The third-order valence-corrected chi connectivity index (χ3v) is 5.31. The second kappa shape index (κ2) is 5.25. The summed E-state index contributed by atoms with van der Waals surface area (Å²) in [7, 11) is 2.05. The summed E-state index contributed by atoms with van der Waals surface area (Å²) in [6.45, 7) is 0.521. The lowest BCUT2D eigenvalue weighted by atomic mass is 10.1. The number of thioether (sulfide) groups is 1. The number of fused-ring (bicyclic) bond motifs is 1. The van der Waals surface area contributed by atoms with E-state index in [1.807, 2.05) is 36.2 Å². The fourth-order valence-corrected chi connectivity index (χ4v) is 4.23. The van der Waals surface area contributed by atoms with Crippen LogP contribution < -0.4 is 0 Å². The molecule has 1 aliphatic heterocycles. The van der Waals surface area contributed by atoms with Gasteiger partial charge < -0.3 is 13.9 Å². The lowest BCUT2D eigenvalue weighted by Gasteiger charge is -2.22. The van der Waals surface area contributed by atoms with Gasteiger partial charge in [-0.3, -0.25) is 4.79 Å². The van der Waals surface area contributed by atoms with E-state index in [0.717, 1.165) is 5.76 Å². The Morgan fingerprint density at radius 2 is 2.14 bits per heavy atom. The summed E-state index contributed by atoms with van der Waals surface area (Å²) in [6, 6.07) is 12.1. The van der Waals surface area contributed by atoms with E-state index in [-0.39, 0.29) is 11.3 Å². The normalized spacial score (nSPS) is 18.5. The lowest BCUT2D eigenvalue weighted by Crippen LogP contribution is -2.27. The molecule has 112 valence electrons. The van der Waals surface area contributed by atoms with Crippen LogP contribution in [0.2, 0.25) is 0 Å². The van der Waals surface area contributed by atoms with Crippen molar-refractivity contribution in [3.8, 4) is 0 Å². The third-order valence-electron chi connectivity index (χ3n) is 4.07. The van der Waals surface area contributed by atoms with Crippen molar-refractivity contribution in [2.45, 2.75) is 11.9 Å².